The lowest BCUT2D eigenvalue weighted by atomic mass is 10.1. The number of ketones is 1. The van der Waals surface area contributed by atoms with Gasteiger partial charge in [0.15, 0.2) is 0 Å². The number of alkyl halides is 3. The molecule has 2 nitrogen and oxygen atoms in total. The van der Waals surface area contributed by atoms with Gasteiger partial charge in [0.2, 0.25) is 0 Å². The largest absolute Gasteiger partial charge is 0.454 e. The highest BCUT2D eigenvalue weighted by molar-refractivity contribution is 6.31. The van der Waals surface area contributed by atoms with E-state index in [0.717, 1.165) is 11.6 Å². The molecule has 0 atom stereocenters. The van der Waals surface area contributed by atoms with E-state index < -0.39 is 17.5 Å². The molecule has 0 aromatic heterocycles. The Morgan fingerprint density at radius 2 is 1.76 bits per heavy atom. The van der Waals surface area contributed by atoms with Gasteiger partial charge in [0, 0.05) is 17.3 Å². The first kappa shape index (κ1) is 15.4. The van der Waals surface area contributed by atoms with Gasteiger partial charge in [0.05, 0.1) is 5.56 Å². The van der Waals surface area contributed by atoms with Crippen molar-refractivity contribution >= 4 is 23.1 Å². The lowest BCUT2D eigenvalue weighted by Crippen LogP contribution is -2.24. The normalized spacial score (nSPS) is 11.2. The van der Waals surface area contributed by atoms with Crippen LogP contribution in [0.25, 0.3) is 0 Å². The van der Waals surface area contributed by atoms with E-state index in [1.807, 2.05) is 30.3 Å². The highest BCUT2D eigenvalue weighted by Gasteiger charge is 2.40. The van der Waals surface area contributed by atoms with Crippen LogP contribution in [0, 0.1) is 0 Å². The highest BCUT2D eigenvalue weighted by Crippen LogP contribution is 2.28. The van der Waals surface area contributed by atoms with Crippen molar-refractivity contribution in [2.24, 2.45) is 0 Å². The molecular weight excluding hydrogens is 303 g/mol. The zero-order valence-electron chi connectivity index (χ0n) is 10.7. The van der Waals surface area contributed by atoms with Crippen molar-refractivity contribution in [3.63, 3.8) is 0 Å². The summed E-state index contributed by atoms with van der Waals surface area (Å²) < 4.78 is 37.8. The van der Waals surface area contributed by atoms with Gasteiger partial charge in [-0.3, -0.25) is 4.79 Å². The second-order valence-corrected chi connectivity index (χ2v) is 4.79. The number of carbonyl (C=O) groups is 1. The summed E-state index contributed by atoms with van der Waals surface area (Å²) in [6.45, 7) is 0.306. The van der Waals surface area contributed by atoms with Gasteiger partial charge in [-0.05, 0) is 23.8 Å². The summed E-state index contributed by atoms with van der Waals surface area (Å²) >= 11 is 5.68. The van der Waals surface area contributed by atoms with Crippen LogP contribution in [-0.2, 0) is 6.54 Å². The maximum absolute atomic E-state index is 12.6. The molecule has 0 fully saturated rings. The molecule has 2 aromatic rings. The molecule has 2 rings (SSSR count). The maximum Gasteiger partial charge on any atom is 0.454 e. The average molecular weight is 314 g/mol. The van der Waals surface area contributed by atoms with Crippen molar-refractivity contribution in [2.45, 2.75) is 12.7 Å². The van der Waals surface area contributed by atoms with E-state index in [-0.39, 0.29) is 10.7 Å². The number of hydrogen-bond acceptors (Lipinski definition) is 2. The Labute approximate surface area is 124 Å². The first-order chi connectivity index (χ1) is 9.88. The number of rotatable bonds is 4. The van der Waals surface area contributed by atoms with E-state index in [2.05, 4.69) is 5.32 Å². The first-order valence-corrected chi connectivity index (χ1v) is 6.44. The highest BCUT2D eigenvalue weighted by atomic mass is 35.5. The topological polar surface area (TPSA) is 29.1 Å². The predicted molar refractivity (Wildman–Crippen MR) is 75.6 cm³/mol. The van der Waals surface area contributed by atoms with Gasteiger partial charge in [-0.15, -0.1) is 0 Å². The molecule has 0 bridgehead atoms. The lowest BCUT2D eigenvalue weighted by molar-refractivity contribution is -0.0884. The number of carbonyl (C=O) groups excluding carboxylic acids is 1. The van der Waals surface area contributed by atoms with Gasteiger partial charge < -0.3 is 5.32 Å². The van der Waals surface area contributed by atoms with Crippen LogP contribution in [0.3, 0.4) is 0 Å². The molecule has 0 aliphatic carbocycles. The van der Waals surface area contributed by atoms with Gasteiger partial charge >= 0.3 is 6.18 Å². The third kappa shape index (κ3) is 3.98. The summed E-state index contributed by atoms with van der Waals surface area (Å²) in [5.74, 6) is -1.92. The van der Waals surface area contributed by atoms with Crippen molar-refractivity contribution in [3.05, 3.63) is 64.7 Å². The van der Waals surface area contributed by atoms with Crippen LogP contribution in [0.4, 0.5) is 18.9 Å². The van der Waals surface area contributed by atoms with Crippen LogP contribution >= 0.6 is 11.6 Å². The molecule has 0 aliphatic rings. The van der Waals surface area contributed by atoms with Crippen molar-refractivity contribution in [3.8, 4) is 0 Å². The van der Waals surface area contributed by atoms with E-state index >= 15 is 0 Å². The van der Waals surface area contributed by atoms with Gasteiger partial charge in [0.1, 0.15) is 0 Å². The summed E-state index contributed by atoms with van der Waals surface area (Å²) in [7, 11) is 0. The number of benzene rings is 2. The predicted octanol–water partition coefficient (Wildman–Crippen LogP) is 4.70. The van der Waals surface area contributed by atoms with Gasteiger partial charge in [0.25, 0.3) is 5.78 Å². The molecule has 0 radical (unpaired) electrons. The number of anilines is 1. The quantitative estimate of drug-likeness (QED) is 0.829. The molecule has 0 amide bonds. The van der Waals surface area contributed by atoms with Gasteiger partial charge in [-0.25, -0.2) is 0 Å². The number of nitrogens with one attached hydrogen (secondary N) is 1. The molecule has 6 heteroatoms. The Morgan fingerprint density at radius 1 is 1.10 bits per heavy atom. The first-order valence-electron chi connectivity index (χ1n) is 6.07. The second-order valence-electron chi connectivity index (χ2n) is 4.36. The Hall–Kier alpha value is -2.01. The standard InChI is InChI=1S/C15H11ClF3NO/c16-11-6-7-13(12(8-11)14(21)15(17,18)19)20-9-10-4-2-1-3-5-10/h1-8,20H,9H2. The molecule has 0 unspecified atom stereocenters. The molecule has 0 heterocycles. The monoisotopic (exact) mass is 313 g/mol. The summed E-state index contributed by atoms with van der Waals surface area (Å²) in [5, 5.41) is 2.91. The zero-order valence-corrected chi connectivity index (χ0v) is 11.5. The van der Waals surface area contributed by atoms with E-state index in [1.54, 1.807) is 0 Å². The molecule has 0 saturated heterocycles. The summed E-state index contributed by atoms with van der Waals surface area (Å²) in [5.41, 5.74) is 0.509. The fraction of sp³-hybridized carbons (Fsp3) is 0.133. The number of Topliss-reactive ketones (excluding diaryl/α,β-unsaturated/α-hetero) is 1. The molecule has 1 N–H and O–H groups in total. The Balaban J connectivity index is 2.25. The molecule has 110 valence electrons. The third-order valence-electron chi connectivity index (χ3n) is 2.81. The Bertz CT molecular complexity index is 641. The molecule has 0 saturated carbocycles. The molecule has 21 heavy (non-hydrogen) atoms. The minimum Gasteiger partial charge on any atom is -0.380 e. The number of hydrogen-bond donors (Lipinski definition) is 1. The Morgan fingerprint density at radius 3 is 2.38 bits per heavy atom. The summed E-state index contributed by atoms with van der Waals surface area (Å²) in [6.07, 6.45) is -4.94. The van der Waals surface area contributed by atoms with Crippen molar-refractivity contribution < 1.29 is 18.0 Å². The average Bonchev–Trinajstić information content (AvgIpc) is 2.45. The minimum atomic E-state index is -4.94. The van der Waals surface area contributed by atoms with Crippen LogP contribution < -0.4 is 5.32 Å². The van der Waals surface area contributed by atoms with Crippen molar-refractivity contribution in [1.82, 2.24) is 0 Å². The van der Waals surface area contributed by atoms with E-state index in [0.29, 0.717) is 6.54 Å². The molecular formula is C15H11ClF3NO. The fourth-order valence-electron chi connectivity index (χ4n) is 1.80. The van der Waals surface area contributed by atoms with Crippen LogP contribution in [0.15, 0.2) is 48.5 Å². The van der Waals surface area contributed by atoms with Gasteiger partial charge in [-0.2, -0.15) is 13.2 Å². The summed E-state index contributed by atoms with van der Waals surface area (Å²) in [6, 6.07) is 12.9. The van der Waals surface area contributed by atoms with E-state index in [9.17, 15) is 18.0 Å². The SMILES string of the molecule is O=C(c1cc(Cl)ccc1NCc1ccccc1)C(F)(F)F. The van der Waals surface area contributed by atoms with Crippen LogP contribution in [-0.4, -0.2) is 12.0 Å². The van der Waals surface area contributed by atoms with Gasteiger partial charge in [-0.1, -0.05) is 41.9 Å². The minimum absolute atomic E-state index is 0.0767. The van der Waals surface area contributed by atoms with E-state index in [4.69, 9.17) is 11.6 Å². The lowest BCUT2D eigenvalue weighted by Gasteiger charge is -2.13. The van der Waals surface area contributed by atoms with Crippen molar-refractivity contribution in [1.29, 1.82) is 0 Å². The van der Waals surface area contributed by atoms with Crippen LogP contribution in [0.1, 0.15) is 15.9 Å². The Kier molecular flexibility index (Phi) is 4.53. The van der Waals surface area contributed by atoms with Crippen molar-refractivity contribution in [2.75, 3.05) is 5.32 Å². The van der Waals surface area contributed by atoms with Crippen LogP contribution in [0.5, 0.6) is 0 Å². The van der Waals surface area contributed by atoms with Crippen LogP contribution in [0.2, 0.25) is 5.02 Å². The summed E-state index contributed by atoms with van der Waals surface area (Å²) in [4.78, 5) is 11.4. The molecule has 2 aromatic carbocycles. The number of halogens is 4. The maximum atomic E-state index is 12.6. The smallest absolute Gasteiger partial charge is 0.380 e. The van der Waals surface area contributed by atoms with E-state index in [1.165, 1.54) is 12.1 Å². The molecule has 0 aliphatic heterocycles. The second kappa shape index (κ2) is 6.18. The fourth-order valence-corrected chi connectivity index (χ4v) is 1.98. The third-order valence-corrected chi connectivity index (χ3v) is 3.04. The zero-order chi connectivity index (χ0) is 15.5. The molecule has 0 spiro atoms.